The maximum atomic E-state index is 10.7. The number of hydrogen-bond acceptors (Lipinski definition) is 3. The SMILES string of the molecule is O[C@H](C[C@H]1c2ncccc2-c2cncn21)C1CCCCC1. The zero-order chi connectivity index (χ0) is 14.2. The maximum absolute atomic E-state index is 10.7. The molecule has 1 fully saturated rings. The van der Waals surface area contributed by atoms with Crippen molar-refractivity contribution in [3.63, 3.8) is 0 Å². The smallest absolute Gasteiger partial charge is 0.0957 e. The first-order chi connectivity index (χ1) is 10.3. The standard InChI is InChI=1S/C17H21N3O/c21-16(12-5-2-1-3-6-12)9-14-17-13(7-4-8-19-17)15-10-18-11-20(14)15/h4,7-8,10-12,14,16,21H,1-3,5-6,9H2/t14-,16+/m0/s1. The van der Waals surface area contributed by atoms with Crippen molar-refractivity contribution in [2.75, 3.05) is 0 Å². The third-order valence-electron chi connectivity index (χ3n) is 5.09. The van der Waals surface area contributed by atoms with Gasteiger partial charge in [-0.3, -0.25) is 4.98 Å². The zero-order valence-electron chi connectivity index (χ0n) is 12.2. The Morgan fingerprint density at radius 3 is 3.00 bits per heavy atom. The molecule has 1 saturated carbocycles. The molecule has 110 valence electrons. The average Bonchev–Trinajstić information content (AvgIpc) is 3.11. The van der Waals surface area contributed by atoms with Crippen LogP contribution in [0.3, 0.4) is 0 Å². The molecule has 2 aromatic rings. The van der Waals surface area contributed by atoms with Crippen molar-refractivity contribution in [3.05, 3.63) is 36.5 Å². The first kappa shape index (κ1) is 13.0. The highest BCUT2D eigenvalue weighted by atomic mass is 16.3. The Balaban J connectivity index is 1.60. The third-order valence-corrected chi connectivity index (χ3v) is 5.09. The molecule has 21 heavy (non-hydrogen) atoms. The van der Waals surface area contributed by atoms with Gasteiger partial charge in [0.15, 0.2) is 0 Å². The molecule has 0 bridgehead atoms. The molecule has 1 aliphatic carbocycles. The molecule has 0 amide bonds. The quantitative estimate of drug-likeness (QED) is 0.941. The number of aliphatic hydroxyl groups is 1. The fraction of sp³-hybridized carbons (Fsp3) is 0.529. The molecule has 3 heterocycles. The molecule has 2 atom stereocenters. The molecule has 0 radical (unpaired) electrons. The Morgan fingerprint density at radius 1 is 1.29 bits per heavy atom. The van der Waals surface area contributed by atoms with E-state index in [1.807, 2.05) is 24.8 Å². The molecule has 2 aromatic heterocycles. The van der Waals surface area contributed by atoms with Gasteiger partial charge in [-0.15, -0.1) is 0 Å². The summed E-state index contributed by atoms with van der Waals surface area (Å²) in [5.41, 5.74) is 3.37. The monoisotopic (exact) mass is 283 g/mol. The molecule has 0 unspecified atom stereocenters. The lowest BCUT2D eigenvalue weighted by Gasteiger charge is -2.28. The normalized spacial score (nSPS) is 22.8. The van der Waals surface area contributed by atoms with Crippen molar-refractivity contribution in [2.45, 2.75) is 50.7 Å². The van der Waals surface area contributed by atoms with Crippen molar-refractivity contribution in [2.24, 2.45) is 5.92 Å². The van der Waals surface area contributed by atoms with Crippen LogP contribution < -0.4 is 0 Å². The van der Waals surface area contributed by atoms with Gasteiger partial charge in [0, 0.05) is 18.2 Å². The van der Waals surface area contributed by atoms with Crippen LogP contribution in [0.15, 0.2) is 30.9 Å². The lowest BCUT2D eigenvalue weighted by Crippen LogP contribution is -2.26. The summed E-state index contributed by atoms with van der Waals surface area (Å²) >= 11 is 0. The van der Waals surface area contributed by atoms with E-state index < -0.39 is 0 Å². The predicted octanol–water partition coefficient (Wildman–Crippen LogP) is 3.18. The van der Waals surface area contributed by atoms with Crippen molar-refractivity contribution in [3.8, 4) is 11.3 Å². The molecule has 4 heteroatoms. The summed E-state index contributed by atoms with van der Waals surface area (Å²) in [4.78, 5) is 8.83. The Labute approximate surface area is 124 Å². The first-order valence-corrected chi connectivity index (χ1v) is 8.00. The number of pyridine rings is 1. The summed E-state index contributed by atoms with van der Waals surface area (Å²) in [7, 11) is 0. The summed E-state index contributed by atoms with van der Waals surface area (Å²) in [6.45, 7) is 0. The third kappa shape index (κ3) is 2.18. The Bertz CT molecular complexity index is 630. The van der Waals surface area contributed by atoms with Gasteiger partial charge >= 0.3 is 0 Å². The summed E-state index contributed by atoms with van der Waals surface area (Å²) in [6.07, 6.45) is 12.3. The zero-order valence-corrected chi connectivity index (χ0v) is 12.2. The maximum Gasteiger partial charge on any atom is 0.0957 e. The lowest BCUT2D eigenvalue weighted by atomic mass is 9.83. The van der Waals surface area contributed by atoms with Gasteiger partial charge in [0.05, 0.1) is 36.1 Å². The number of nitrogens with zero attached hydrogens (tertiary/aromatic N) is 3. The van der Waals surface area contributed by atoms with Crippen LogP contribution in [0.4, 0.5) is 0 Å². The van der Waals surface area contributed by atoms with E-state index in [1.165, 1.54) is 32.1 Å². The fourth-order valence-electron chi connectivity index (χ4n) is 3.96. The molecule has 4 nitrogen and oxygen atoms in total. The van der Waals surface area contributed by atoms with Gasteiger partial charge in [-0.1, -0.05) is 19.3 Å². The van der Waals surface area contributed by atoms with E-state index in [2.05, 4.69) is 20.6 Å². The molecule has 1 aliphatic heterocycles. The second-order valence-electron chi connectivity index (χ2n) is 6.34. The van der Waals surface area contributed by atoms with Crippen molar-refractivity contribution < 1.29 is 5.11 Å². The van der Waals surface area contributed by atoms with E-state index in [1.54, 1.807) is 0 Å². The summed E-state index contributed by atoms with van der Waals surface area (Å²) in [6, 6.07) is 4.20. The molecule has 0 aromatic carbocycles. The van der Waals surface area contributed by atoms with Gasteiger partial charge in [-0.2, -0.15) is 0 Å². The largest absolute Gasteiger partial charge is 0.393 e. The second-order valence-corrected chi connectivity index (χ2v) is 6.34. The van der Waals surface area contributed by atoms with Crippen LogP contribution in [0.5, 0.6) is 0 Å². The highest BCUT2D eigenvalue weighted by Gasteiger charge is 2.33. The molecule has 1 N–H and O–H groups in total. The van der Waals surface area contributed by atoms with Crippen molar-refractivity contribution in [1.29, 1.82) is 0 Å². The van der Waals surface area contributed by atoms with Crippen LogP contribution in [0.25, 0.3) is 11.3 Å². The van der Waals surface area contributed by atoms with Gasteiger partial charge in [0.25, 0.3) is 0 Å². The van der Waals surface area contributed by atoms with Crippen LogP contribution in [0, 0.1) is 5.92 Å². The minimum Gasteiger partial charge on any atom is -0.393 e. The van der Waals surface area contributed by atoms with Gasteiger partial charge in [0.1, 0.15) is 0 Å². The number of fused-ring (bicyclic) bond motifs is 3. The number of imidazole rings is 1. The van der Waals surface area contributed by atoms with Gasteiger partial charge < -0.3 is 9.67 Å². The molecular formula is C17H21N3O. The predicted molar refractivity (Wildman–Crippen MR) is 80.8 cm³/mol. The van der Waals surface area contributed by atoms with E-state index in [0.29, 0.717) is 5.92 Å². The number of aromatic nitrogens is 3. The van der Waals surface area contributed by atoms with Crippen LogP contribution in [0.1, 0.15) is 50.3 Å². The molecular weight excluding hydrogens is 262 g/mol. The number of hydrogen-bond donors (Lipinski definition) is 1. The molecule has 0 spiro atoms. The molecule has 4 rings (SSSR count). The van der Waals surface area contributed by atoms with Crippen LogP contribution in [0.2, 0.25) is 0 Å². The van der Waals surface area contributed by atoms with E-state index in [-0.39, 0.29) is 12.1 Å². The topological polar surface area (TPSA) is 50.9 Å². The van der Waals surface area contributed by atoms with Crippen LogP contribution >= 0.6 is 0 Å². The van der Waals surface area contributed by atoms with E-state index in [4.69, 9.17) is 0 Å². The van der Waals surface area contributed by atoms with Crippen molar-refractivity contribution >= 4 is 0 Å². The first-order valence-electron chi connectivity index (χ1n) is 8.00. The van der Waals surface area contributed by atoms with Gasteiger partial charge in [-0.25, -0.2) is 4.98 Å². The van der Waals surface area contributed by atoms with E-state index in [9.17, 15) is 5.11 Å². The number of rotatable bonds is 3. The highest BCUT2D eigenvalue weighted by molar-refractivity contribution is 5.66. The average molecular weight is 283 g/mol. The minimum absolute atomic E-state index is 0.135. The molecule has 2 aliphatic rings. The summed E-state index contributed by atoms with van der Waals surface area (Å²) < 4.78 is 2.17. The van der Waals surface area contributed by atoms with Gasteiger partial charge in [0.2, 0.25) is 0 Å². The summed E-state index contributed by atoms with van der Waals surface area (Å²) in [5.74, 6) is 0.457. The van der Waals surface area contributed by atoms with Crippen LogP contribution in [-0.2, 0) is 0 Å². The second kappa shape index (κ2) is 5.26. The lowest BCUT2D eigenvalue weighted by molar-refractivity contribution is 0.0683. The van der Waals surface area contributed by atoms with Crippen molar-refractivity contribution in [1.82, 2.24) is 14.5 Å². The number of aliphatic hydroxyl groups excluding tert-OH is 1. The minimum atomic E-state index is -0.237. The summed E-state index contributed by atoms with van der Waals surface area (Å²) in [5, 5.41) is 10.7. The highest BCUT2D eigenvalue weighted by Crippen LogP contribution is 2.41. The fourth-order valence-corrected chi connectivity index (χ4v) is 3.96. The Morgan fingerprint density at radius 2 is 2.14 bits per heavy atom. The van der Waals surface area contributed by atoms with Crippen LogP contribution in [-0.4, -0.2) is 25.7 Å². The Hall–Kier alpha value is -1.68. The Kier molecular flexibility index (Phi) is 3.26. The molecule has 0 saturated heterocycles. The van der Waals surface area contributed by atoms with Gasteiger partial charge in [-0.05, 0) is 30.9 Å². The van der Waals surface area contributed by atoms with E-state index >= 15 is 0 Å². The van der Waals surface area contributed by atoms with E-state index in [0.717, 1.165) is 23.4 Å².